The summed E-state index contributed by atoms with van der Waals surface area (Å²) in [5.41, 5.74) is 1.46. The molecule has 0 atom stereocenters. The minimum absolute atomic E-state index is 0. The summed E-state index contributed by atoms with van der Waals surface area (Å²) < 4.78 is 4.88. The smallest absolute Gasteiger partial charge is 0.238 e. The lowest BCUT2D eigenvalue weighted by molar-refractivity contribution is -0.117. The Labute approximate surface area is 136 Å². The van der Waals surface area contributed by atoms with E-state index in [4.69, 9.17) is 4.74 Å². The normalized spacial score (nSPS) is 13.1. The monoisotopic (exact) mass is 327 g/mol. The molecule has 0 aliphatic heterocycles. The van der Waals surface area contributed by atoms with Gasteiger partial charge in [-0.05, 0) is 37.1 Å². The molecule has 0 radical (unpaired) electrons. The molecule has 0 bridgehead atoms. The molecule has 1 fully saturated rings. The fraction of sp³-hybridized carbons (Fsp3) is 0.467. The fourth-order valence-electron chi connectivity index (χ4n) is 1.81. The second kappa shape index (κ2) is 9.40. The first kappa shape index (κ1) is 18.4. The number of carbonyl (C=O) groups is 2. The number of carbonyl (C=O) groups excluding carboxylic acids is 2. The third-order valence-electron chi connectivity index (χ3n) is 3.15. The van der Waals surface area contributed by atoms with E-state index in [2.05, 4.69) is 16.0 Å². The number of amides is 2. The van der Waals surface area contributed by atoms with Crippen LogP contribution in [0.3, 0.4) is 0 Å². The second-order valence-electron chi connectivity index (χ2n) is 5.06. The maximum absolute atomic E-state index is 11.7. The van der Waals surface area contributed by atoms with Gasteiger partial charge in [-0.25, -0.2) is 0 Å². The van der Waals surface area contributed by atoms with Gasteiger partial charge >= 0.3 is 0 Å². The number of ether oxygens (including phenoxy) is 1. The summed E-state index contributed by atoms with van der Waals surface area (Å²) in [5, 5.41) is 8.60. The predicted octanol–water partition coefficient (Wildman–Crippen LogP) is 1.63. The van der Waals surface area contributed by atoms with Crippen molar-refractivity contribution >= 4 is 35.6 Å². The van der Waals surface area contributed by atoms with Crippen molar-refractivity contribution in [3.63, 3.8) is 0 Å². The highest BCUT2D eigenvalue weighted by molar-refractivity contribution is 5.95. The molecule has 22 heavy (non-hydrogen) atoms. The molecule has 1 saturated carbocycles. The lowest BCUT2D eigenvalue weighted by Crippen LogP contribution is -2.30. The zero-order valence-corrected chi connectivity index (χ0v) is 13.4. The highest BCUT2D eigenvalue weighted by Crippen LogP contribution is 2.30. The summed E-state index contributed by atoms with van der Waals surface area (Å²) in [4.78, 5) is 23.3. The van der Waals surface area contributed by atoms with Crippen LogP contribution in [0.25, 0.3) is 0 Å². The van der Waals surface area contributed by atoms with Crippen molar-refractivity contribution in [2.75, 3.05) is 37.4 Å². The third-order valence-corrected chi connectivity index (χ3v) is 3.15. The van der Waals surface area contributed by atoms with Gasteiger partial charge in [0.2, 0.25) is 11.8 Å². The van der Waals surface area contributed by atoms with Crippen LogP contribution >= 0.6 is 12.4 Å². The Morgan fingerprint density at radius 2 is 1.73 bits per heavy atom. The maximum Gasteiger partial charge on any atom is 0.238 e. The average molecular weight is 328 g/mol. The minimum atomic E-state index is -0.110. The Bertz CT molecular complexity index is 489. The minimum Gasteiger partial charge on any atom is -0.383 e. The zero-order chi connectivity index (χ0) is 15.1. The van der Waals surface area contributed by atoms with Crippen molar-refractivity contribution in [2.45, 2.75) is 12.8 Å². The fourth-order valence-corrected chi connectivity index (χ4v) is 1.81. The molecule has 0 saturated heterocycles. The molecule has 6 nitrogen and oxygen atoms in total. The van der Waals surface area contributed by atoms with Gasteiger partial charge in [-0.15, -0.1) is 12.4 Å². The van der Waals surface area contributed by atoms with Gasteiger partial charge < -0.3 is 20.7 Å². The van der Waals surface area contributed by atoms with Gasteiger partial charge in [-0.2, -0.15) is 0 Å². The van der Waals surface area contributed by atoms with E-state index in [-0.39, 0.29) is 36.7 Å². The van der Waals surface area contributed by atoms with Gasteiger partial charge in [-0.1, -0.05) is 0 Å². The molecule has 1 aliphatic rings. The van der Waals surface area contributed by atoms with Gasteiger partial charge in [-0.3, -0.25) is 9.59 Å². The Morgan fingerprint density at radius 3 is 2.27 bits per heavy atom. The van der Waals surface area contributed by atoms with Crippen molar-refractivity contribution in [3.05, 3.63) is 24.3 Å². The van der Waals surface area contributed by atoms with E-state index in [1.165, 1.54) is 0 Å². The molecule has 1 aliphatic carbocycles. The van der Waals surface area contributed by atoms with Gasteiger partial charge in [0, 0.05) is 30.9 Å². The number of hydrogen-bond donors (Lipinski definition) is 3. The molecule has 1 aromatic rings. The van der Waals surface area contributed by atoms with Crippen LogP contribution in [-0.4, -0.2) is 38.6 Å². The van der Waals surface area contributed by atoms with Gasteiger partial charge in [0.25, 0.3) is 0 Å². The first-order chi connectivity index (χ1) is 10.2. The van der Waals surface area contributed by atoms with E-state index in [9.17, 15) is 9.59 Å². The third kappa shape index (κ3) is 6.43. The predicted molar refractivity (Wildman–Crippen MR) is 88.4 cm³/mol. The lowest BCUT2D eigenvalue weighted by Gasteiger charge is -2.08. The van der Waals surface area contributed by atoms with Crippen LogP contribution in [0.15, 0.2) is 24.3 Å². The summed E-state index contributed by atoms with van der Waals surface area (Å²) in [5.74, 6) is 0.151. The van der Waals surface area contributed by atoms with E-state index in [0.29, 0.717) is 18.8 Å². The molecule has 2 amide bonds. The summed E-state index contributed by atoms with van der Waals surface area (Å²) >= 11 is 0. The maximum atomic E-state index is 11.7. The van der Waals surface area contributed by atoms with Gasteiger partial charge in [0.1, 0.15) is 0 Å². The van der Waals surface area contributed by atoms with Crippen LogP contribution < -0.4 is 16.0 Å². The Balaban J connectivity index is 0.00000242. The topological polar surface area (TPSA) is 79.5 Å². The standard InChI is InChI=1S/C15H21N3O3.ClH/c1-21-9-8-16-10-14(19)17-12-4-6-13(7-5-12)18-15(20)11-2-3-11;/h4-7,11,16H,2-3,8-10H2,1H3,(H,17,19)(H,18,20);1H. The van der Waals surface area contributed by atoms with E-state index in [0.717, 1.165) is 18.5 Å². The van der Waals surface area contributed by atoms with Crippen molar-refractivity contribution in [1.82, 2.24) is 5.32 Å². The Morgan fingerprint density at radius 1 is 1.14 bits per heavy atom. The van der Waals surface area contributed by atoms with Crippen LogP contribution in [0.5, 0.6) is 0 Å². The van der Waals surface area contributed by atoms with E-state index in [1.807, 2.05) is 0 Å². The van der Waals surface area contributed by atoms with Crippen molar-refractivity contribution in [2.24, 2.45) is 5.92 Å². The zero-order valence-electron chi connectivity index (χ0n) is 12.6. The molecule has 0 spiro atoms. The van der Waals surface area contributed by atoms with Crippen molar-refractivity contribution in [3.8, 4) is 0 Å². The largest absolute Gasteiger partial charge is 0.383 e. The van der Waals surface area contributed by atoms with Gasteiger partial charge in [0.15, 0.2) is 0 Å². The van der Waals surface area contributed by atoms with Crippen LogP contribution in [0, 0.1) is 5.92 Å². The quantitative estimate of drug-likeness (QED) is 0.634. The molecule has 3 N–H and O–H groups in total. The van der Waals surface area contributed by atoms with E-state index >= 15 is 0 Å². The molecule has 0 heterocycles. The van der Waals surface area contributed by atoms with Gasteiger partial charge in [0.05, 0.1) is 13.2 Å². The van der Waals surface area contributed by atoms with Crippen LogP contribution in [0.2, 0.25) is 0 Å². The highest BCUT2D eigenvalue weighted by atomic mass is 35.5. The molecule has 0 unspecified atom stereocenters. The molecular formula is C15H22ClN3O3. The number of rotatable bonds is 8. The van der Waals surface area contributed by atoms with Crippen LogP contribution in [0.1, 0.15) is 12.8 Å². The summed E-state index contributed by atoms with van der Waals surface area (Å²) in [7, 11) is 1.62. The van der Waals surface area contributed by atoms with Crippen LogP contribution in [-0.2, 0) is 14.3 Å². The van der Waals surface area contributed by atoms with Crippen molar-refractivity contribution in [1.29, 1.82) is 0 Å². The number of methoxy groups -OCH3 is 1. The number of anilines is 2. The number of hydrogen-bond acceptors (Lipinski definition) is 4. The number of benzene rings is 1. The lowest BCUT2D eigenvalue weighted by atomic mass is 10.2. The summed E-state index contributed by atoms with van der Waals surface area (Å²) in [6.45, 7) is 1.45. The van der Waals surface area contributed by atoms with Crippen molar-refractivity contribution < 1.29 is 14.3 Å². The Kier molecular flexibility index (Phi) is 7.87. The molecule has 122 valence electrons. The molecule has 7 heteroatoms. The molecular weight excluding hydrogens is 306 g/mol. The second-order valence-corrected chi connectivity index (χ2v) is 5.06. The molecule has 1 aromatic carbocycles. The number of halogens is 1. The summed E-state index contributed by atoms with van der Waals surface area (Å²) in [6.07, 6.45) is 1.96. The summed E-state index contributed by atoms with van der Waals surface area (Å²) in [6, 6.07) is 7.12. The van der Waals surface area contributed by atoms with E-state index < -0.39 is 0 Å². The molecule has 2 rings (SSSR count). The average Bonchev–Trinajstić information content (AvgIpc) is 3.30. The first-order valence-electron chi connectivity index (χ1n) is 7.09. The van der Waals surface area contributed by atoms with E-state index in [1.54, 1.807) is 31.4 Å². The molecule has 0 aromatic heterocycles. The highest BCUT2D eigenvalue weighted by Gasteiger charge is 2.29. The van der Waals surface area contributed by atoms with Crippen LogP contribution in [0.4, 0.5) is 11.4 Å². The SMILES string of the molecule is COCCNCC(=O)Nc1ccc(NC(=O)C2CC2)cc1.Cl. The number of nitrogens with one attached hydrogen (secondary N) is 3. The first-order valence-corrected chi connectivity index (χ1v) is 7.09. The Hall–Kier alpha value is -1.63.